The van der Waals surface area contributed by atoms with Crippen molar-refractivity contribution in [3.05, 3.63) is 54.4 Å². The first-order valence-corrected chi connectivity index (χ1v) is 9.75. The summed E-state index contributed by atoms with van der Waals surface area (Å²) in [4.78, 5) is 21.1. The van der Waals surface area contributed by atoms with Crippen molar-refractivity contribution in [3.63, 3.8) is 0 Å². The number of nitrogens with one attached hydrogen (secondary N) is 2. The number of amides is 1. The number of benzene rings is 2. The van der Waals surface area contributed by atoms with Crippen LogP contribution in [-0.2, 0) is 4.79 Å². The van der Waals surface area contributed by atoms with Gasteiger partial charge in [0.2, 0.25) is 5.91 Å². The van der Waals surface area contributed by atoms with Gasteiger partial charge in [0.15, 0.2) is 10.2 Å². The second kappa shape index (κ2) is 7.27. The molecular weight excluding hydrogens is 366 g/mol. The number of carbonyl (C=O) groups excluding carboxylic acids is 1. The fourth-order valence-electron chi connectivity index (χ4n) is 2.45. The summed E-state index contributed by atoms with van der Waals surface area (Å²) < 4.78 is 2.02. The van der Waals surface area contributed by atoms with Crippen LogP contribution in [0.2, 0.25) is 0 Å². The molecule has 0 aliphatic carbocycles. The van der Waals surface area contributed by atoms with E-state index in [1.54, 1.807) is 11.3 Å². The Labute approximate surface area is 158 Å². The summed E-state index contributed by atoms with van der Waals surface area (Å²) in [6.45, 7) is 1.85. The van der Waals surface area contributed by atoms with Crippen LogP contribution in [-0.4, -0.2) is 31.8 Å². The van der Waals surface area contributed by atoms with E-state index in [-0.39, 0.29) is 5.91 Å². The Hall–Kier alpha value is -2.71. The van der Waals surface area contributed by atoms with Crippen LogP contribution in [0.25, 0.3) is 21.6 Å². The zero-order chi connectivity index (χ0) is 17.9. The van der Waals surface area contributed by atoms with E-state index in [9.17, 15) is 4.79 Å². The Balaban J connectivity index is 1.40. The highest BCUT2D eigenvalue weighted by molar-refractivity contribution is 8.01. The lowest BCUT2D eigenvalue weighted by atomic mass is 10.2. The number of hydrogen-bond acceptors (Lipinski definition) is 6. The van der Waals surface area contributed by atoms with Crippen molar-refractivity contribution in [1.82, 2.24) is 20.2 Å². The number of para-hydroxylation sites is 1. The van der Waals surface area contributed by atoms with Crippen molar-refractivity contribution in [2.75, 3.05) is 11.1 Å². The van der Waals surface area contributed by atoms with Gasteiger partial charge < -0.3 is 5.32 Å². The fraction of sp³-hybridized carbons (Fsp3) is 0.111. The number of thiazole rings is 1. The van der Waals surface area contributed by atoms with Crippen molar-refractivity contribution >= 4 is 44.9 Å². The van der Waals surface area contributed by atoms with Crippen LogP contribution in [0, 0.1) is 6.92 Å². The topological polar surface area (TPSA) is 83.6 Å². The largest absolute Gasteiger partial charge is 0.325 e. The summed E-state index contributed by atoms with van der Waals surface area (Å²) in [6, 6.07) is 15.5. The van der Waals surface area contributed by atoms with E-state index in [2.05, 4.69) is 25.5 Å². The van der Waals surface area contributed by atoms with Crippen LogP contribution in [0.3, 0.4) is 0 Å². The average Bonchev–Trinajstić information content (AvgIpc) is 3.26. The number of nitrogens with zero attached hydrogens (tertiary/aromatic N) is 3. The number of fused-ring (bicyclic) bond motifs is 1. The van der Waals surface area contributed by atoms with Gasteiger partial charge in [-0.15, -0.1) is 11.3 Å². The van der Waals surface area contributed by atoms with Gasteiger partial charge in [0.05, 0.1) is 16.0 Å². The van der Waals surface area contributed by atoms with Gasteiger partial charge in [-0.05, 0) is 31.2 Å². The van der Waals surface area contributed by atoms with E-state index >= 15 is 0 Å². The van der Waals surface area contributed by atoms with E-state index in [1.165, 1.54) is 11.8 Å². The monoisotopic (exact) mass is 381 g/mol. The molecule has 26 heavy (non-hydrogen) atoms. The molecule has 0 saturated carbocycles. The minimum Gasteiger partial charge on any atom is -0.325 e. The number of hydrogen-bond donors (Lipinski definition) is 2. The van der Waals surface area contributed by atoms with Crippen molar-refractivity contribution in [1.29, 1.82) is 0 Å². The zero-order valence-electron chi connectivity index (χ0n) is 13.9. The Morgan fingerprint density at radius 3 is 2.88 bits per heavy atom. The molecule has 0 atom stereocenters. The summed E-state index contributed by atoms with van der Waals surface area (Å²) in [5.41, 5.74) is 2.54. The predicted octanol–water partition coefficient (Wildman–Crippen LogP) is 4.12. The summed E-state index contributed by atoms with van der Waals surface area (Å²) in [7, 11) is 0. The normalized spacial score (nSPS) is 11.0. The molecule has 2 aromatic carbocycles. The quantitative estimate of drug-likeness (QED) is 0.508. The number of aryl methyl sites for hydroxylation is 1. The third-order valence-electron chi connectivity index (χ3n) is 3.60. The van der Waals surface area contributed by atoms with Crippen molar-refractivity contribution in [3.8, 4) is 11.4 Å². The smallest absolute Gasteiger partial charge is 0.234 e. The number of rotatable bonds is 5. The first kappa shape index (κ1) is 16.7. The molecule has 0 aliphatic rings. The minimum absolute atomic E-state index is 0.0717. The molecular formula is C18H15N5OS2. The maximum Gasteiger partial charge on any atom is 0.234 e. The molecule has 6 nitrogen and oxygen atoms in total. The minimum atomic E-state index is -0.0717. The lowest BCUT2D eigenvalue weighted by molar-refractivity contribution is -0.113. The molecule has 4 rings (SSSR count). The molecule has 1 amide bonds. The Morgan fingerprint density at radius 1 is 1.19 bits per heavy atom. The van der Waals surface area contributed by atoms with Crippen molar-refractivity contribution in [2.45, 2.75) is 11.3 Å². The highest BCUT2D eigenvalue weighted by Crippen LogP contribution is 2.29. The number of anilines is 1. The number of aromatic amines is 1. The standard InChI is InChI=1S/C18H15N5OS2/c1-11-19-17(23-22-11)12-5-4-6-13(9-12)20-16(24)10-25-18-21-14-7-2-3-8-15(14)26-18/h2-9H,10H2,1H3,(H,20,24)(H,19,22,23). The maximum atomic E-state index is 12.3. The SMILES string of the molecule is Cc1nc(-c2cccc(NC(=O)CSc3nc4ccccc4s3)c2)n[nH]1. The molecule has 0 unspecified atom stereocenters. The number of carbonyl (C=O) groups is 1. The molecule has 0 bridgehead atoms. The first-order chi connectivity index (χ1) is 12.7. The summed E-state index contributed by atoms with van der Waals surface area (Å²) in [6.07, 6.45) is 0. The van der Waals surface area contributed by atoms with Crippen molar-refractivity contribution < 1.29 is 4.79 Å². The molecule has 0 saturated heterocycles. The van der Waals surface area contributed by atoms with Gasteiger partial charge in [0.1, 0.15) is 5.82 Å². The molecule has 0 radical (unpaired) electrons. The number of aromatic nitrogens is 4. The van der Waals surface area contributed by atoms with Crippen LogP contribution in [0.1, 0.15) is 5.82 Å². The third-order valence-corrected chi connectivity index (χ3v) is 5.78. The van der Waals surface area contributed by atoms with Crippen LogP contribution in [0.5, 0.6) is 0 Å². The van der Waals surface area contributed by atoms with E-state index in [1.807, 2.05) is 55.5 Å². The van der Waals surface area contributed by atoms with E-state index in [0.29, 0.717) is 11.6 Å². The zero-order valence-corrected chi connectivity index (χ0v) is 15.5. The molecule has 2 aromatic heterocycles. The van der Waals surface area contributed by atoms with Gasteiger partial charge in [0.25, 0.3) is 0 Å². The second-order valence-electron chi connectivity index (χ2n) is 5.61. The molecule has 2 N–H and O–H groups in total. The van der Waals surface area contributed by atoms with Gasteiger partial charge in [-0.3, -0.25) is 9.89 Å². The van der Waals surface area contributed by atoms with Gasteiger partial charge in [-0.1, -0.05) is 36.0 Å². The van der Waals surface area contributed by atoms with Gasteiger partial charge in [-0.2, -0.15) is 5.10 Å². The molecule has 0 spiro atoms. The Bertz CT molecular complexity index is 1040. The maximum absolute atomic E-state index is 12.3. The van der Waals surface area contributed by atoms with E-state index < -0.39 is 0 Å². The second-order valence-corrected chi connectivity index (χ2v) is 7.86. The lowest BCUT2D eigenvalue weighted by Crippen LogP contribution is -2.13. The summed E-state index contributed by atoms with van der Waals surface area (Å²) in [5, 5.41) is 9.88. The van der Waals surface area contributed by atoms with Crippen LogP contribution in [0.4, 0.5) is 5.69 Å². The molecule has 2 heterocycles. The summed E-state index contributed by atoms with van der Waals surface area (Å²) in [5.74, 6) is 1.60. The number of thioether (sulfide) groups is 1. The fourth-order valence-corrected chi connectivity index (χ4v) is 4.31. The van der Waals surface area contributed by atoms with Gasteiger partial charge in [-0.25, -0.2) is 9.97 Å². The molecule has 130 valence electrons. The Morgan fingerprint density at radius 2 is 2.08 bits per heavy atom. The highest BCUT2D eigenvalue weighted by atomic mass is 32.2. The van der Waals surface area contributed by atoms with E-state index in [4.69, 9.17) is 0 Å². The Kier molecular flexibility index (Phi) is 4.68. The lowest BCUT2D eigenvalue weighted by Gasteiger charge is -2.05. The van der Waals surface area contributed by atoms with Crippen LogP contribution in [0.15, 0.2) is 52.9 Å². The predicted molar refractivity (Wildman–Crippen MR) is 106 cm³/mol. The van der Waals surface area contributed by atoms with Gasteiger partial charge >= 0.3 is 0 Å². The highest BCUT2D eigenvalue weighted by Gasteiger charge is 2.09. The molecule has 0 fully saturated rings. The van der Waals surface area contributed by atoms with Crippen LogP contribution >= 0.6 is 23.1 Å². The average molecular weight is 381 g/mol. The summed E-state index contributed by atoms with van der Waals surface area (Å²) >= 11 is 3.04. The number of H-pyrrole nitrogens is 1. The van der Waals surface area contributed by atoms with E-state index in [0.717, 1.165) is 31.6 Å². The molecule has 4 aromatic rings. The van der Waals surface area contributed by atoms with Crippen LogP contribution < -0.4 is 5.32 Å². The molecule has 8 heteroatoms. The third kappa shape index (κ3) is 3.76. The first-order valence-electron chi connectivity index (χ1n) is 7.95. The van der Waals surface area contributed by atoms with Gasteiger partial charge in [0, 0.05) is 11.3 Å². The molecule has 0 aliphatic heterocycles. The van der Waals surface area contributed by atoms with Crippen molar-refractivity contribution in [2.24, 2.45) is 0 Å².